The van der Waals surface area contributed by atoms with Crippen molar-refractivity contribution in [3.05, 3.63) is 29.8 Å². The van der Waals surface area contributed by atoms with Crippen molar-refractivity contribution in [3.8, 4) is 5.75 Å². The predicted molar refractivity (Wildman–Crippen MR) is 69.7 cm³/mol. The van der Waals surface area contributed by atoms with Gasteiger partial charge in [0, 0.05) is 0 Å². The Morgan fingerprint density at radius 3 is 2.11 bits per heavy atom. The second-order valence-electron chi connectivity index (χ2n) is 3.94. The summed E-state index contributed by atoms with van der Waals surface area (Å²) in [5, 5.41) is 9.00. The molecule has 0 saturated carbocycles. The first-order chi connectivity index (χ1) is 8.47. The summed E-state index contributed by atoms with van der Waals surface area (Å²) in [6, 6.07) is 6.03. The van der Waals surface area contributed by atoms with Crippen LogP contribution in [0.4, 0.5) is 0 Å². The Bertz CT molecular complexity index is 364. The van der Waals surface area contributed by atoms with Crippen LogP contribution in [0.3, 0.4) is 0 Å². The van der Waals surface area contributed by atoms with Crippen molar-refractivity contribution in [1.29, 1.82) is 0 Å². The van der Waals surface area contributed by atoms with Gasteiger partial charge in [-0.05, 0) is 44.5 Å². The average molecular weight is 252 g/mol. The second kappa shape index (κ2) is 9.22. The molecule has 4 heteroatoms. The third-order valence-corrected chi connectivity index (χ3v) is 1.83. The van der Waals surface area contributed by atoms with Crippen LogP contribution < -0.4 is 0 Å². The first kappa shape index (κ1) is 16.2. The lowest BCUT2D eigenvalue weighted by Gasteiger charge is -2.03. The fourth-order valence-electron chi connectivity index (χ4n) is 0.990. The molecule has 0 heterocycles. The molecule has 0 unspecified atom stereocenters. The third kappa shape index (κ3) is 8.33. The topological polar surface area (TPSA) is 63.6 Å². The Hall–Kier alpha value is -1.84. The van der Waals surface area contributed by atoms with Gasteiger partial charge in [-0.15, -0.1) is 0 Å². The molecule has 0 bridgehead atoms. The van der Waals surface area contributed by atoms with Crippen LogP contribution in [0.1, 0.15) is 44.0 Å². The van der Waals surface area contributed by atoms with Crippen molar-refractivity contribution in [2.75, 3.05) is 6.61 Å². The zero-order valence-electron chi connectivity index (χ0n) is 11.1. The monoisotopic (exact) mass is 252 g/mol. The number of phenols is 1. The molecule has 0 fully saturated rings. The van der Waals surface area contributed by atoms with Gasteiger partial charge in [-0.3, -0.25) is 0 Å². The number of phenolic OH excluding ortho intramolecular Hbond substituents is 1. The Kier molecular flexibility index (Phi) is 8.27. The van der Waals surface area contributed by atoms with Gasteiger partial charge in [0.15, 0.2) is 0 Å². The highest BCUT2D eigenvalue weighted by Gasteiger charge is 2.05. The van der Waals surface area contributed by atoms with Crippen LogP contribution in [-0.2, 0) is 9.53 Å². The van der Waals surface area contributed by atoms with Crippen LogP contribution in [-0.4, -0.2) is 23.5 Å². The number of Topliss-reactive ketones (excluding diaryl/α,β-unsaturated/α-hetero) is 1. The van der Waals surface area contributed by atoms with Crippen LogP contribution in [0.15, 0.2) is 24.3 Å². The van der Waals surface area contributed by atoms with Gasteiger partial charge >= 0.3 is 5.97 Å². The minimum absolute atomic E-state index is 0.148. The van der Waals surface area contributed by atoms with Gasteiger partial charge in [0.25, 0.3) is 0 Å². The van der Waals surface area contributed by atoms with Gasteiger partial charge in [0.2, 0.25) is 0 Å². The van der Waals surface area contributed by atoms with Crippen LogP contribution in [0, 0.1) is 0 Å². The molecule has 0 aliphatic heterocycles. The van der Waals surface area contributed by atoms with Crippen molar-refractivity contribution >= 4 is 11.8 Å². The summed E-state index contributed by atoms with van der Waals surface area (Å²) in [5.41, 5.74) is 0.471. The largest absolute Gasteiger partial charge is 0.508 e. The zero-order chi connectivity index (χ0) is 14.0. The number of carbonyl (C=O) groups excluding carboxylic acids is 2. The van der Waals surface area contributed by atoms with Gasteiger partial charge < -0.3 is 14.6 Å². The van der Waals surface area contributed by atoms with Gasteiger partial charge in [-0.25, -0.2) is 4.79 Å². The van der Waals surface area contributed by atoms with Crippen molar-refractivity contribution in [2.45, 2.75) is 33.6 Å². The van der Waals surface area contributed by atoms with Crippen LogP contribution in [0.5, 0.6) is 5.75 Å². The molecule has 4 nitrogen and oxygen atoms in total. The van der Waals surface area contributed by atoms with E-state index in [2.05, 4.69) is 0 Å². The molecule has 0 aliphatic rings. The van der Waals surface area contributed by atoms with E-state index in [0.717, 1.165) is 12.8 Å². The summed E-state index contributed by atoms with van der Waals surface area (Å²) in [5.74, 6) is -0.0199. The number of hydrogen-bond acceptors (Lipinski definition) is 4. The number of aromatic hydroxyl groups is 1. The maximum absolute atomic E-state index is 11.3. The maximum Gasteiger partial charge on any atom is 0.338 e. The SMILES string of the molecule is CC(C)=O.CCCCOC(=O)c1ccc(O)cc1. The lowest BCUT2D eigenvalue weighted by atomic mass is 10.2. The Balaban J connectivity index is 0.000000631. The minimum atomic E-state index is -0.335. The quantitative estimate of drug-likeness (QED) is 0.661. The van der Waals surface area contributed by atoms with E-state index in [1.807, 2.05) is 6.92 Å². The predicted octanol–water partition coefficient (Wildman–Crippen LogP) is 2.94. The number of rotatable bonds is 4. The molecule has 1 N–H and O–H groups in total. The summed E-state index contributed by atoms with van der Waals surface area (Å²) in [6.45, 7) is 5.55. The van der Waals surface area contributed by atoms with E-state index in [9.17, 15) is 9.59 Å². The molecule has 100 valence electrons. The van der Waals surface area contributed by atoms with Gasteiger partial charge in [-0.1, -0.05) is 13.3 Å². The normalized spacial score (nSPS) is 9.06. The number of unbranched alkanes of at least 4 members (excludes halogenated alkanes) is 1. The highest BCUT2D eigenvalue weighted by molar-refractivity contribution is 5.89. The fraction of sp³-hybridized carbons (Fsp3) is 0.429. The molecule has 0 saturated heterocycles. The van der Waals surface area contributed by atoms with E-state index >= 15 is 0 Å². The lowest BCUT2D eigenvalue weighted by Crippen LogP contribution is -2.05. The second-order valence-corrected chi connectivity index (χ2v) is 3.94. The molecule has 1 aromatic carbocycles. The number of benzene rings is 1. The van der Waals surface area contributed by atoms with Crippen molar-refractivity contribution in [3.63, 3.8) is 0 Å². The zero-order valence-corrected chi connectivity index (χ0v) is 11.1. The molecular formula is C14H20O4. The molecule has 1 rings (SSSR count). The van der Waals surface area contributed by atoms with Crippen molar-refractivity contribution < 1.29 is 19.4 Å². The molecular weight excluding hydrogens is 232 g/mol. The van der Waals surface area contributed by atoms with E-state index in [1.54, 1.807) is 12.1 Å². The lowest BCUT2D eigenvalue weighted by molar-refractivity contribution is -0.115. The highest BCUT2D eigenvalue weighted by Crippen LogP contribution is 2.10. The molecule has 0 spiro atoms. The fourth-order valence-corrected chi connectivity index (χ4v) is 0.990. The van der Waals surface area contributed by atoms with Gasteiger partial charge in [-0.2, -0.15) is 0 Å². The van der Waals surface area contributed by atoms with Crippen LogP contribution >= 0.6 is 0 Å². The van der Waals surface area contributed by atoms with E-state index in [1.165, 1.54) is 26.0 Å². The summed E-state index contributed by atoms with van der Waals surface area (Å²) in [7, 11) is 0. The summed E-state index contributed by atoms with van der Waals surface area (Å²) >= 11 is 0. The standard InChI is InChI=1S/C11H14O3.C3H6O/c1-2-3-8-14-11(13)9-4-6-10(12)7-5-9;1-3(2)4/h4-7,12H,2-3,8H2,1H3;1-2H3. The van der Waals surface area contributed by atoms with Gasteiger partial charge in [0.05, 0.1) is 12.2 Å². The Morgan fingerprint density at radius 2 is 1.67 bits per heavy atom. The Morgan fingerprint density at radius 1 is 1.17 bits per heavy atom. The molecule has 0 aromatic heterocycles. The molecule has 0 radical (unpaired) electrons. The van der Waals surface area contributed by atoms with Crippen LogP contribution in [0.25, 0.3) is 0 Å². The number of esters is 1. The van der Waals surface area contributed by atoms with Gasteiger partial charge in [0.1, 0.15) is 11.5 Å². The molecule has 1 aromatic rings. The molecule has 0 atom stereocenters. The first-order valence-corrected chi connectivity index (χ1v) is 5.90. The summed E-state index contributed by atoms with van der Waals surface area (Å²) in [4.78, 5) is 20.8. The molecule has 0 aliphatic carbocycles. The molecule has 0 amide bonds. The summed E-state index contributed by atoms with van der Waals surface area (Å²) < 4.78 is 4.99. The minimum Gasteiger partial charge on any atom is -0.508 e. The van der Waals surface area contributed by atoms with Crippen molar-refractivity contribution in [1.82, 2.24) is 0 Å². The van der Waals surface area contributed by atoms with E-state index in [-0.39, 0.29) is 17.5 Å². The molecule has 18 heavy (non-hydrogen) atoms. The summed E-state index contributed by atoms with van der Waals surface area (Å²) in [6.07, 6.45) is 1.88. The Labute approximate surface area is 108 Å². The van der Waals surface area contributed by atoms with Crippen LogP contribution in [0.2, 0.25) is 0 Å². The number of ketones is 1. The number of hydrogen-bond donors (Lipinski definition) is 1. The first-order valence-electron chi connectivity index (χ1n) is 5.90. The number of ether oxygens (including phenoxy) is 1. The smallest absolute Gasteiger partial charge is 0.338 e. The van der Waals surface area contributed by atoms with Crippen molar-refractivity contribution in [2.24, 2.45) is 0 Å². The van der Waals surface area contributed by atoms with E-state index in [0.29, 0.717) is 12.2 Å². The van der Waals surface area contributed by atoms with E-state index in [4.69, 9.17) is 9.84 Å². The maximum atomic E-state index is 11.3. The average Bonchev–Trinajstić information content (AvgIpc) is 2.29. The van der Waals surface area contributed by atoms with E-state index < -0.39 is 0 Å². The number of carbonyl (C=O) groups is 2. The third-order valence-electron chi connectivity index (χ3n) is 1.83. The highest BCUT2D eigenvalue weighted by atomic mass is 16.5.